The Morgan fingerprint density at radius 1 is 0.941 bits per heavy atom. The lowest BCUT2D eigenvalue weighted by molar-refractivity contribution is 0.124. The third-order valence-corrected chi connectivity index (χ3v) is 1.87. The molecule has 0 aliphatic carbocycles. The normalized spacial score (nSPS) is 11.2. The van der Waals surface area contributed by atoms with Crippen LogP contribution in [0.25, 0.3) is 0 Å². The summed E-state index contributed by atoms with van der Waals surface area (Å²) < 4.78 is 64.1. The standard InChI is InChI=1S/C9H5ClF5NO/c10-1-2-16-17-3-4-5(11)7(13)9(15)8(14)6(4)12/h2H,1,3H2/b16-2+. The van der Waals surface area contributed by atoms with Gasteiger partial charge in [0.25, 0.3) is 0 Å². The quantitative estimate of drug-likeness (QED) is 0.206. The number of hydrogen-bond donors (Lipinski definition) is 0. The van der Waals surface area contributed by atoms with Crippen LogP contribution < -0.4 is 0 Å². The van der Waals surface area contributed by atoms with Gasteiger partial charge in [0.05, 0.1) is 17.7 Å². The first kappa shape index (κ1) is 13.7. The van der Waals surface area contributed by atoms with Crippen LogP contribution in [-0.2, 0) is 11.4 Å². The van der Waals surface area contributed by atoms with Crippen LogP contribution in [0.1, 0.15) is 5.56 Å². The van der Waals surface area contributed by atoms with Crippen molar-refractivity contribution in [1.82, 2.24) is 0 Å². The molecule has 0 saturated heterocycles. The van der Waals surface area contributed by atoms with Crippen molar-refractivity contribution in [3.05, 3.63) is 34.6 Å². The van der Waals surface area contributed by atoms with Gasteiger partial charge in [-0.05, 0) is 0 Å². The average molecular weight is 274 g/mol. The Kier molecular flexibility index (Phi) is 4.68. The molecule has 1 rings (SSSR count). The maximum Gasteiger partial charge on any atom is 0.200 e. The molecule has 0 heterocycles. The molecule has 0 N–H and O–H groups in total. The van der Waals surface area contributed by atoms with E-state index in [2.05, 4.69) is 9.99 Å². The molecule has 0 radical (unpaired) electrons. The largest absolute Gasteiger partial charge is 0.391 e. The summed E-state index contributed by atoms with van der Waals surface area (Å²) in [5.41, 5.74) is -1.09. The van der Waals surface area contributed by atoms with E-state index in [1.807, 2.05) is 0 Å². The van der Waals surface area contributed by atoms with E-state index in [0.717, 1.165) is 6.21 Å². The fourth-order valence-electron chi connectivity index (χ4n) is 0.960. The van der Waals surface area contributed by atoms with Crippen molar-refractivity contribution in [2.24, 2.45) is 5.16 Å². The predicted octanol–water partition coefficient (Wildman–Crippen LogP) is 3.12. The van der Waals surface area contributed by atoms with Gasteiger partial charge in [-0.2, -0.15) is 0 Å². The van der Waals surface area contributed by atoms with Crippen molar-refractivity contribution in [2.45, 2.75) is 6.61 Å². The molecule has 0 saturated carbocycles. The molecule has 0 amide bonds. The van der Waals surface area contributed by atoms with E-state index in [1.54, 1.807) is 0 Å². The Morgan fingerprint density at radius 2 is 1.41 bits per heavy atom. The van der Waals surface area contributed by atoms with Crippen LogP contribution in [0.5, 0.6) is 0 Å². The monoisotopic (exact) mass is 273 g/mol. The second-order valence-electron chi connectivity index (χ2n) is 2.76. The zero-order valence-corrected chi connectivity index (χ0v) is 8.87. The lowest BCUT2D eigenvalue weighted by atomic mass is 10.2. The second-order valence-corrected chi connectivity index (χ2v) is 3.07. The molecule has 0 unspecified atom stereocenters. The topological polar surface area (TPSA) is 21.6 Å². The third kappa shape index (κ3) is 2.85. The van der Waals surface area contributed by atoms with Crippen molar-refractivity contribution in [1.29, 1.82) is 0 Å². The molecule has 0 spiro atoms. The number of alkyl halides is 1. The number of halogens is 6. The zero-order valence-electron chi connectivity index (χ0n) is 8.11. The van der Waals surface area contributed by atoms with Crippen LogP contribution in [0, 0.1) is 29.1 Å². The summed E-state index contributed by atoms with van der Waals surface area (Å²) in [6.45, 7) is -0.890. The van der Waals surface area contributed by atoms with Crippen LogP contribution in [-0.4, -0.2) is 12.1 Å². The molecule has 0 aromatic heterocycles. The molecule has 17 heavy (non-hydrogen) atoms. The molecule has 0 aliphatic heterocycles. The summed E-state index contributed by atoms with van der Waals surface area (Å²) in [6.07, 6.45) is 1.05. The minimum Gasteiger partial charge on any atom is -0.391 e. The number of nitrogens with zero attached hydrogens (tertiary/aromatic N) is 1. The van der Waals surface area contributed by atoms with E-state index >= 15 is 0 Å². The molecular formula is C9H5ClF5NO. The Labute approximate surface area is 97.6 Å². The predicted molar refractivity (Wildman–Crippen MR) is 50.2 cm³/mol. The van der Waals surface area contributed by atoms with Crippen molar-refractivity contribution in [2.75, 3.05) is 5.88 Å². The fourth-order valence-corrected chi connectivity index (χ4v) is 1.02. The zero-order chi connectivity index (χ0) is 13.0. The Balaban J connectivity index is 3.03. The number of hydrogen-bond acceptors (Lipinski definition) is 2. The first-order valence-electron chi connectivity index (χ1n) is 4.20. The molecule has 94 valence electrons. The third-order valence-electron chi connectivity index (χ3n) is 1.73. The Hall–Kier alpha value is -1.37. The van der Waals surface area contributed by atoms with Gasteiger partial charge in [-0.1, -0.05) is 5.16 Å². The van der Waals surface area contributed by atoms with Gasteiger partial charge in [0, 0.05) is 0 Å². The van der Waals surface area contributed by atoms with E-state index in [1.165, 1.54) is 0 Å². The van der Waals surface area contributed by atoms with E-state index in [0.29, 0.717) is 0 Å². The van der Waals surface area contributed by atoms with E-state index in [-0.39, 0.29) is 5.88 Å². The summed E-state index contributed by atoms with van der Waals surface area (Å²) in [4.78, 5) is 4.32. The van der Waals surface area contributed by atoms with Crippen LogP contribution in [0.15, 0.2) is 5.16 Å². The fraction of sp³-hybridized carbons (Fsp3) is 0.222. The molecule has 1 aromatic carbocycles. The van der Waals surface area contributed by atoms with Gasteiger partial charge in [0.1, 0.15) is 6.61 Å². The molecule has 0 fully saturated rings. The van der Waals surface area contributed by atoms with E-state index < -0.39 is 41.3 Å². The summed E-state index contributed by atoms with van der Waals surface area (Å²) in [6, 6.07) is 0. The average Bonchev–Trinajstić information content (AvgIpc) is 2.33. The van der Waals surface area contributed by atoms with E-state index in [9.17, 15) is 22.0 Å². The molecule has 0 bridgehead atoms. The van der Waals surface area contributed by atoms with Crippen LogP contribution in [0.4, 0.5) is 22.0 Å². The maximum atomic E-state index is 13.0. The van der Waals surface area contributed by atoms with Gasteiger partial charge in [0.15, 0.2) is 23.3 Å². The Bertz CT molecular complexity index is 422. The minimum absolute atomic E-state index is 0.0168. The highest BCUT2D eigenvalue weighted by molar-refractivity contribution is 6.24. The van der Waals surface area contributed by atoms with Gasteiger partial charge in [-0.25, -0.2) is 22.0 Å². The van der Waals surface area contributed by atoms with Gasteiger partial charge in [-0.15, -0.1) is 11.6 Å². The molecule has 8 heteroatoms. The highest BCUT2D eigenvalue weighted by atomic mass is 35.5. The van der Waals surface area contributed by atoms with Crippen molar-refractivity contribution < 1.29 is 26.8 Å². The van der Waals surface area contributed by atoms with Crippen molar-refractivity contribution >= 4 is 17.8 Å². The minimum atomic E-state index is -2.21. The summed E-state index contributed by atoms with van der Waals surface area (Å²) in [5.74, 6) is -10.2. The lowest BCUT2D eigenvalue weighted by Gasteiger charge is -2.06. The van der Waals surface area contributed by atoms with Gasteiger partial charge in [-0.3, -0.25) is 0 Å². The summed E-state index contributed by atoms with van der Waals surface area (Å²) in [7, 11) is 0. The van der Waals surface area contributed by atoms with Gasteiger partial charge >= 0.3 is 0 Å². The second kappa shape index (κ2) is 5.81. The maximum absolute atomic E-state index is 13.0. The van der Waals surface area contributed by atoms with Crippen LogP contribution in [0.3, 0.4) is 0 Å². The highest BCUT2D eigenvalue weighted by Crippen LogP contribution is 2.23. The molecule has 0 atom stereocenters. The molecule has 0 aliphatic rings. The molecule has 1 aromatic rings. The van der Waals surface area contributed by atoms with E-state index in [4.69, 9.17) is 11.6 Å². The number of oxime groups is 1. The van der Waals surface area contributed by atoms with Gasteiger partial charge < -0.3 is 4.84 Å². The van der Waals surface area contributed by atoms with Crippen molar-refractivity contribution in [3.63, 3.8) is 0 Å². The first-order chi connectivity index (χ1) is 8.00. The smallest absolute Gasteiger partial charge is 0.200 e. The highest BCUT2D eigenvalue weighted by Gasteiger charge is 2.25. The summed E-state index contributed by atoms with van der Waals surface area (Å²) >= 11 is 5.17. The van der Waals surface area contributed by atoms with Crippen LogP contribution >= 0.6 is 11.6 Å². The lowest BCUT2D eigenvalue weighted by Crippen LogP contribution is -2.07. The SMILES string of the molecule is Fc1c(F)c(F)c(CO/N=C/CCl)c(F)c1F. The van der Waals surface area contributed by atoms with Crippen LogP contribution in [0.2, 0.25) is 0 Å². The van der Waals surface area contributed by atoms with Gasteiger partial charge in [0.2, 0.25) is 5.82 Å². The van der Waals surface area contributed by atoms with Crippen molar-refractivity contribution in [3.8, 4) is 0 Å². The molecule has 2 nitrogen and oxygen atoms in total. The molecular weight excluding hydrogens is 269 g/mol. The number of rotatable bonds is 4. The Morgan fingerprint density at radius 3 is 1.88 bits per heavy atom. The first-order valence-corrected chi connectivity index (χ1v) is 4.74. The number of benzene rings is 1. The summed E-state index contributed by atoms with van der Waals surface area (Å²) in [5, 5.41) is 3.12.